The van der Waals surface area contributed by atoms with E-state index in [0.29, 0.717) is 12.2 Å². The first kappa shape index (κ1) is 20.7. The van der Waals surface area contributed by atoms with Gasteiger partial charge in [0.1, 0.15) is 17.4 Å². The molecular weight excluding hydrogens is 368 g/mol. The van der Waals surface area contributed by atoms with Crippen LogP contribution >= 0.6 is 0 Å². The van der Waals surface area contributed by atoms with Crippen LogP contribution in [0.25, 0.3) is 0 Å². The normalized spacial score (nSPS) is 17.3. The molecule has 0 aliphatic carbocycles. The molecule has 2 atom stereocenters. The highest BCUT2D eigenvalue weighted by molar-refractivity contribution is 6.02. The zero-order valence-electron chi connectivity index (χ0n) is 17.6. The maximum atomic E-state index is 13.4. The van der Waals surface area contributed by atoms with E-state index in [-0.39, 0.29) is 11.9 Å². The second-order valence-corrected chi connectivity index (χ2v) is 8.19. The van der Waals surface area contributed by atoms with Crippen LogP contribution in [-0.2, 0) is 16.0 Å². The quantitative estimate of drug-likeness (QED) is 0.839. The van der Waals surface area contributed by atoms with Gasteiger partial charge in [-0.25, -0.2) is 4.79 Å². The number of carbonyl (C=O) groups excluding carboxylic acids is 2. The first-order valence-electron chi connectivity index (χ1n) is 9.74. The summed E-state index contributed by atoms with van der Waals surface area (Å²) in [5.74, 6) is 0.508. The molecule has 1 heterocycles. The third-order valence-corrected chi connectivity index (χ3v) is 4.87. The topological polar surface area (TPSA) is 67.9 Å². The summed E-state index contributed by atoms with van der Waals surface area (Å²) in [5.41, 5.74) is 2.14. The summed E-state index contributed by atoms with van der Waals surface area (Å²) >= 11 is 0. The number of alkyl carbamates (subject to hydrolysis) is 1. The van der Waals surface area contributed by atoms with Crippen molar-refractivity contribution in [3.63, 3.8) is 0 Å². The van der Waals surface area contributed by atoms with Gasteiger partial charge in [-0.1, -0.05) is 36.4 Å². The molecule has 0 spiro atoms. The Morgan fingerprint density at radius 1 is 1.17 bits per heavy atom. The molecule has 0 aromatic heterocycles. The average molecular weight is 396 g/mol. The van der Waals surface area contributed by atoms with Gasteiger partial charge in [-0.15, -0.1) is 0 Å². The van der Waals surface area contributed by atoms with Crippen molar-refractivity contribution in [1.29, 1.82) is 0 Å². The van der Waals surface area contributed by atoms with E-state index in [0.717, 1.165) is 16.8 Å². The van der Waals surface area contributed by atoms with Gasteiger partial charge in [0.25, 0.3) is 5.91 Å². The number of hydrogen-bond donors (Lipinski definition) is 1. The van der Waals surface area contributed by atoms with E-state index >= 15 is 0 Å². The third-order valence-electron chi connectivity index (χ3n) is 4.87. The molecular formula is C23H28N2O4. The lowest BCUT2D eigenvalue weighted by Crippen LogP contribution is -2.54. The second-order valence-electron chi connectivity index (χ2n) is 8.19. The van der Waals surface area contributed by atoms with Gasteiger partial charge in [0.05, 0.1) is 18.8 Å². The minimum absolute atomic E-state index is 0.173. The van der Waals surface area contributed by atoms with E-state index in [1.165, 1.54) is 0 Å². The molecule has 2 amide bonds. The van der Waals surface area contributed by atoms with Gasteiger partial charge in [-0.2, -0.15) is 0 Å². The largest absolute Gasteiger partial charge is 0.497 e. The lowest BCUT2D eigenvalue weighted by Gasteiger charge is -2.38. The van der Waals surface area contributed by atoms with E-state index in [1.54, 1.807) is 32.8 Å². The smallest absolute Gasteiger partial charge is 0.408 e. The lowest BCUT2D eigenvalue weighted by atomic mass is 9.94. The molecule has 0 saturated carbocycles. The van der Waals surface area contributed by atoms with E-state index in [2.05, 4.69) is 5.32 Å². The van der Waals surface area contributed by atoms with Crippen LogP contribution in [0.2, 0.25) is 0 Å². The van der Waals surface area contributed by atoms with E-state index in [1.807, 2.05) is 55.5 Å². The predicted octanol–water partition coefficient (Wildman–Crippen LogP) is 4.24. The molecule has 0 unspecified atom stereocenters. The zero-order valence-corrected chi connectivity index (χ0v) is 17.6. The highest BCUT2D eigenvalue weighted by Gasteiger charge is 2.37. The van der Waals surface area contributed by atoms with E-state index in [4.69, 9.17) is 9.47 Å². The molecule has 1 aliphatic rings. The van der Waals surface area contributed by atoms with Crippen LogP contribution in [-0.4, -0.2) is 30.8 Å². The highest BCUT2D eigenvalue weighted by atomic mass is 16.6. The molecule has 6 nitrogen and oxygen atoms in total. The third kappa shape index (κ3) is 4.70. The zero-order chi connectivity index (χ0) is 21.2. The first-order valence-corrected chi connectivity index (χ1v) is 9.74. The fourth-order valence-electron chi connectivity index (χ4n) is 3.50. The van der Waals surface area contributed by atoms with Gasteiger partial charge < -0.3 is 19.7 Å². The van der Waals surface area contributed by atoms with Crippen LogP contribution in [0.1, 0.15) is 44.9 Å². The maximum Gasteiger partial charge on any atom is 0.408 e. The molecule has 0 radical (unpaired) electrons. The summed E-state index contributed by atoms with van der Waals surface area (Å²) < 4.78 is 10.7. The summed E-state index contributed by atoms with van der Waals surface area (Å²) in [4.78, 5) is 27.5. The Labute approximate surface area is 171 Å². The Kier molecular flexibility index (Phi) is 5.82. The minimum Gasteiger partial charge on any atom is -0.497 e. The fourth-order valence-corrected chi connectivity index (χ4v) is 3.50. The summed E-state index contributed by atoms with van der Waals surface area (Å²) in [7, 11) is 1.60. The monoisotopic (exact) mass is 396 g/mol. The van der Waals surface area contributed by atoms with Gasteiger partial charge in [-0.3, -0.25) is 4.79 Å². The molecule has 1 N–H and O–H groups in total. The van der Waals surface area contributed by atoms with Gasteiger partial charge in [0, 0.05) is 12.5 Å². The number of anilines is 1. The van der Waals surface area contributed by atoms with Crippen molar-refractivity contribution in [1.82, 2.24) is 5.32 Å². The summed E-state index contributed by atoms with van der Waals surface area (Å²) in [6.07, 6.45) is -0.199. The van der Waals surface area contributed by atoms with Crippen molar-refractivity contribution in [3.05, 3.63) is 59.7 Å². The predicted molar refractivity (Wildman–Crippen MR) is 112 cm³/mol. The Morgan fingerprint density at radius 3 is 2.48 bits per heavy atom. The molecule has 154 valence electrons. The number of hydrogen-bond acceptors (Lipinski definition) is 4. The summed E-state index contributed by atoms with van der Waals surface area (Å²) in [6, 6.07) is 14.6. The average Bonchev–Trinajstić information content (AvgIpc) is 2.67. The highest BCUT2D eigenvalue weighted by Crippen LogP contribution is 2.37. The Bertz CT molecular complexity index is 889. The Hall–Kier alpha value is -3.02. The number of benzene rings is 2. The van der Waals surface area contributed by atoms with Crippen molar-refractivity contribution < 1.29 is 19.1 Å². The van der Waals surface area contributed by atoms with Crippen molar-refractivity contribution >= 4 is 17.7 Å². The van der Waals surface area contributed by atoms with Crippen LogP contribution in [0.4, 0.5) is 10.5 Å². The maximum absolute atomic E-state index is 13.4. The Balaban J connectivity index is 1.96. The standard InChI is InChI=1S/C23H28N2O4/c1-15(16-9-7-6-8-10-16)25-20-14-18(28-5)12-11-17(20)13-19(21(25)26)24-22(27)29-23(2,3)4/h6-12,14-15,19H,13H2,1-5H3,(H,24,27)/t15-,19+/m0/s1. The number of nitrogens with one attached hydrogen (secondary N) is 1. The first-order chi connectivity index (χ1) is 13.7. The van der Waals surface area contributed by atoms with E-state index < -0.39 is 17.7 Å². The molecule has 1 aliphatic heterocycles. The van der Waals surface area contributed by atoms with E-state index in [9.17, 15) is 9.59 Å². The molecule has 2 aromatic rings. The number of amides is 2. The number of rotatable bonds is 4. The van der Waals surface area contributed by atoms with Gasteiger partial charge >= 0.3 is 6.09 Å². The van der Waals surface area contributed by atoms with Crippen LogP contribution in [0.15, 0.2) is 48.5 Å². The molecule has 6 heteroatoms. The number of carbonyl (C=O) groups is 2. The number of nitrogens with zero attached hydrogens (tertiary/aromatic N) is 1. The van der Waals surface area contributed by atoms with Crippen LogP contribution in [0, 0.1) is 0 Å². The van der Waals surface area contributed by atoms with Gasteiger partial charge in [0.15, 0.2) is 0 Å². The molecule has 29 heavy (non-hydrogen) atoms. The second kappa shape index (κ2) is 8.15. The lowest BCUT2D eigenvalue weighted by molar-refractivity contribution is -0.121. The van der Waals surface area contributed by atoms with Crippen molar-refractivity contribution in [2.45, 2.75) is 51.8 Å². The van der Waals surface area contributed by atoms with Crippen molar-refractivity contribution in [2.24, 2.45) is 0 Å². The molecule has 0 bridgehead atoms. The van der Waals surface area contributed by atoms with Gasteiger partial charge in [0.2, 0.25) is 0 Å². The Morgan fingerprint density at radius 2 is 1.86 bits per heavy atom. The van der Waals surface area contributed by atoms with Gasteiger partial charge in [-0.05, 0) is 44.9 Å². The van der Waals surface area contributed by atoms with Crippen LogP contribution in [0.5, 0.6) is 5.75 Å². The molecule has 0 saturated heterocycles. The summed E-state index contributed by atoms with van der Waals surface area (Å²) in [5, 5.41) is 2.75. The number of methoxy groups -OCH3 is 1. The van der Waals surface area contributed by atoms with Crippen LogP contribution in [0.3, 0.4) is 0 Å². The van der Waals surface area contributed by atoms with Crippen molar-refractivity contribution in [2.75, 3.05) is 12.0 Å². The molecule has 0 fully saturated rings. The number of fused-ring (bicyclic) bond motifs is 1. The van der Waals surface area contributed by atoms with Crippen LogP contribution < -0.4 is 15.0 Å². The molecule has 2 aromatic carbocycles. The SMILES string of the molecule is COc1ccc2c(c1)N([C@@H](C)c1ccccc1)C(=O)[C@H](NC(=O)OC(C)(C)C)C2. The molecule has 3 rings (SSSR count). The van der Waals surface area contributed by atoms with Crippen molar-refractivity contribution in [3.8, 4) is 5.75 Å². The minimum atomic E-state index is -0.697. The fraction of sp³-hybridized carbons (Fsp3) is 0.391. The number of ether oxygens (including phenoxy) is 2. The summed E-state index contributed by atoms with van der Waals surface area (Å²) in [6.45, 7) is 7.36.